The van der Waals surface area contributed by atoms with Crippen LogP contribution in [0.2, 0.25) is 0 Å². The van der Waals surface area contributed by atoms with Crippen LogP contribution in [-0.4, -0.2) is 4.98 Å². The standard InChI is InChI=1S/C23H15NP2/c1-4-11-19-16(8-1)17-9-2-5-12-20(17)25(19)26-21-13-6-3-10-18(21)23-22(26)14-7-15-24-23/h1-15H. The number of hydrogen-bond acceptors (Lipinski definition) is 1. The van der Waals surface area contributed by atoms with Crippen LogP contribution in [0.5, 0.6) is 0 Å². The fourth-order valence-corrected chi connectivity index (χ4v) is 12.7. The maximum Gasteiger partial charge on any atom is 0.0829 e. The van der Waals surface area contributed by atoms with Crippen molar-refractivity contribution in [3.8, 4) is 0 Å². The summed E-state index contributed by atoms with van der Waals surface area (Å²) in [7, 11) is -0.875. The molecule has 0 spiro atoms. The minimum Gasteiger partial charge on any atom is -0.255 e. The van der Waals surface area contributed by atoms with Gasteiger partial charge in [-0.1, -0.05) is 69.0 Å². The minimum absolute atomic E-state index is 0.426. The zero-order chi connectivity index (χ0) is 17.1. The molecule has 0 aliphatic rings. The summed E-state index contributed by atoms with van der Waals surface area (Å²) in [4.78, 5) is 4.76. The van der Waals surface area contributed by atoms with E-state index in [0.29, 0.717) is 0 Å². The minimum atomic E-state index is -0.449. The van der Waals surface area contributed by atoms with E-state index in [1.165, 1.54) is 42.1 Å². The number of aromatic nitrogens is 1. The summed E-state index contributed by atoms with van der Waals surface area (Å²) in [5.41, 5.74) is 1.19. The van der Waals surface area contributed by atoms with Crippen molar-refractivity contribution in [3.63, 3.8) is 0 Å². The summed E-state index contributed by atoms with van der Waals surface area (Å²) in [6, 6.07) is 31.3. The predicted octanol–water partition coefficient (Wildman–Crippen LogP) is 7.98. The highest BCUT2D eigenvalue weighted by molar-refractivity contribution is 8.29. The van der Waals surface area contributed by atoms with Crippen LogP contribution in [0.15, 0.2) is 91.1 Å². The van der Waals surface area contributed by atoms with E-state index in [4.69, 9.17) is 4.98 Å². The van der Waals surface area contributed by atoms with Gasteiger partial charge in [-0.25, -0.2) is 0 Å². The van der Waals surface area contributed by atoms with Crippen LogP contribution < -0.4 is 0 Å². The first kappa shape index (κ1) is 14.6. The molecule has 0 aliphatic carbocycles. The first-order valence-electron chi connectivity index (χ1n) is 8.76. The lowest BCUT2D eigenvalue weighted by Crippen LogP contribution is -1.70. The van der Waals surface area contributed by atoms with Gasteiger partial charge in [-0.05, 0) is 41.1 Å². The molecule has 0 fully saturated rings. The van der Waals surface area contributed by atoms with Crippen LogP contribution in [0, 0.1) is 0 Å². The third-order valence-corrected chi connectivity index (χ3v) is 12.7. The maximum atomic E-state index is 4.76. The van der Waals surface area contributed by atoms with Crippen molar-refractivity contribution in [1.29, 1.82) is 0 Å². The molecule has 1 unspecified atom stereocenters. The lowest BCUT2D eigenvalue weighted by molar-refractivity contribution is 1.44. The molecule has 3 heterocycles. The molecule has 0 aliphatic heterocycles. The van der Waals surface area contributed by atoms with Gasteiger partial charge in [0.2, 0.25) is 0 Å². The van der Waals surface area contributed by atoms with Crippen molar-refractivity contribution < 1.29 is 0 Å². The summed E-state index contributed by atoms with van der Waals surface area (Å²) >= 11 is 0. The smallest absolute Gasteiger partial charge is 0.0829 e. The molecule has 3 aromatic carbocycles. The second kappa shape index (κ2) is 5.45. The SMILES string of the molecule is c1ccc2c(c1)c1ccccc1p2-p1c2ccccc2c2ncccc21. The average molecular weight is 367 g/mol. The van der Waals surface area contributed by atoms with Crippen molar-refractivity contribution in [3.05, 3.63) is 91.1 Å². The summed E-state index contributed by atoms with van der Waals surface area (Å²) in [6.45, 7) is 0. The lowest BCUT2D eigenvalue weighted by Gasteiger charge is -2.05. The zero-order valence-corrected chi connectivity index (χ0v) is 15.8. The van der Waals surface area contributed by atoms with Gasteiger partial charge in [-0.2, -0.15) is 0 Å². The Hall–Kier alpha value is -2.59. The van der Waals surface area contributed by atoms with Gasteiger partial charge in [0.1, 0.15) is 0 Å². The van der Waals surface area contributed by atoms with E-state index in [-0.39, 0.29) is 0 Å². The number of rotatable bonds is 1. The van der Waals surface area contributed by atoms with Crippen molar-refractivity contribution in [2.24, 2.45) is 0 Å². The summed E-state index contributed by atoms with van der Waals surface area (Å²) in [5.74, 6) is 0. The highest BCUT2D eigenvalue weighted by Gasteiger charge is 2.19. The van der Waals surface area contributed by atoms with Gasteiger partial charge in [0.25, 0.3) is 0 Å². The summed E-state index contributed by atoms with van der Waals surface area (Å²) in [6.07, 6.45) is 1.93. The zero-order valence-electron chi connectivity index (χ0n) is 14.0. The van der Waals surface area contributed by atoms with E-state index in [9.17, 15) is 0 Å². The molecule has 3 heteroatoms. The molecule has 6 aromatic rings. The largest absolute Gasteiger partial charge is 0.255 e. The molecule has 1 nitrogen and oxygen atoms in total. The normalized spacial score (nSPS) is 12.5. The van der Waals surface area contributed by atoms with Gasteiger partial charge in [0.05, 0.1) is 5.52 Å². The molecular formula is C23H15NP2. The Morgan fingerprint density at radius 3 is 1.58 bits per heavy atom. The molecule has 1 atom stereocenters. The van der Waals surface area contributed by atoms with Crippen molar-refractivity contribution in [2.45, 2.75) is 0 Å². The number of hydrogen-bond donors (Lipinski definition) is 0. The Morgan fingerprint density at radius 1 is 0.462 bits per heavy atom. The van der Waals surface area contributed by atoms with E-state index >= 15 is 0 Å². The molecule has 6 rings (SSSR count). The molecule has 122 valence electrons. The third kappa shape index (κ3) is 1.85. The van der Waals surface area contributed by atoms with Gasteiger partial charge in [0, 0.05) is 32.1 Å². The van der Waals surface area contributed by atoms with E-state index < -0.39 is 14.4 Å². The van der Waals surface area contributed by atoms with Crippen LogP contribution in [0.1, 0.15) is 0 Å². The molecule has 26 heavy (non-hydrogen) atoms. The Labute approximate surface area is 152 Å². The Balaban J connectivity index is 1.93. The second-order valence-corrected chi connectivity index (χ2v) is 12.1. The monoisotopic (exact) mass is 367 g/mol. The van der Waals surface area contributed by atoms with Crippen molar-refractivity contribution in [2.75, 3.05) is 0 Å². The fraction of sp³-hybridized carbons (Fsp3) is 0. The molecule has 0 saturated carbocycles. The van der Waals surface area contributed by atoms with Crippen LogP contribution in [0.4, 0.5) is 0 Å². The Bertz CT molecular complexity index is 1220. The van der Waals surface area contributed by atoms with Gasteiger partial charge in [0.15, 0.2) is 0 Å². The quantitative estimate of drug-likeness (QED) is 0.287. The maximum absolute atomic E-state index is 4.76. The molecule has 0 N–H and O–H groups in total. The second-order valence-electron chi connectivity index (χ2n) is 6.55. The predicted molar refractivity (Wildman–Crippen MR) is 117 cm³/mol. The first-order chi connectivity index (χ1) is 12.9. The number of nitrogens with zero attached hydrogens (tertiary/aromatic N) is 1. The number of pyridine rings is 1. The van der Waals surface area contributed by atoms with Crippen molar-refractivity contribution in [1.82, 2.24) is 4.98 Å². The van der Waals surface area contributed by atoms with Crippen LogP contribution >= 0.6 is 14.4 Å². The molecule has 3 aromatic heterocycles. The molecule has 0 amide bonds. The molecule has 0 saturated heterocycles. The topological polar surface area (TPSA) is 12.9 Å². The van der Waals surface area contributed by atoms with Gasteiger partial charge < -0.3 is 0 Å². The van der Waals surface area contributed by atoms with Crippen LogP contribution in [0.3, 0.4) is 0 Å². The first-order valence-corrected chi connectivity index (χ1v) is 12.2. The summed E-state index contributed by atoms with van der Waals surface area (Å²) in [5, 5.41) is 10.2. The molecule has 0 radical (unpaired) electrons. The van der Waals surface area contributed by atoms with Crippen LogP contribution in [-0.2, 0) is 0 Å². The highest BCUT2D eigenvalue weighted by atomic mass is 32.0. The molecule has 0 bridgehead atoms. The van der Waals surface area contributed by atoms with E-state index in [2.05, 4.69) is 84.9 Å². The van der Waals surface area contributed by atoms with Gasteiger partial charge in [-0.15, -0.1) is 0 Å². The number of fused-ring (bicyclic) bond motifs is 6. The van der Waals surface area contributed by atoms with Crippen molar-refractivity contribution >= 4 is 56.6 Å². The van der Waals surface area contributed by atoms with Gasteiger partial charge in [-0.3, -0.25) is 4.98 Å². The summed E-state index contributed by atoms with van der Waals surface area (Å²) < 4.78 is 0. The lowest BCUT2D eigenvalue weighted by atomic mass is 10.2. The fourth-order valence-electron chi connectivity index (χ4n) is 4.10. The Morgan fingerprint density at radius 2 is 0.923 bits per heavy atom. The number of benzene rings is 3. The van der Waals surface area contributed by atoms with E-state index in [1.807, 2.05) is 6.20 Å². The van der Waals surface area contributed by atoms with E-state index in [1.54, 1.807) is 0 Å². The third-order valence-electron chi connectivity index (χ3n) is 5.16. The Kier molecular flexibility index (Phi) is 3.05. The highest BCUT2D eigenvalue weighted by Crippen LogP contribution is 2.71. The van der Waals surface area contributed by atoms with E-state index in [0.717, 1.165) is 0 Å². The molecular weight excluding hydrogens is 352 g/mol. The van der Waals surface area contributed by atoms with Crippen LogP contribution in [0.25, 0.3) is 42.1 Å². The average Bonchev–Trinajstić information content (AvgIpc) is 3.21. The van der Waals surface area contributed by atoms with Gasteiger partial charge >= 0.3 is 0 Å².